The minimum Gasteiger partial charge on any atom is -0.481 e. The van der Waals surface area contributed by atoms with Crippen molar-refractivity contribution in [2.75, 3.05) is 13.2 Å². The van der Waals surface area contributed by atoms with Crippen LogP contribution in [0.1, 0.15) is 67.0 Å². The highest BCUT2D eigenvalue weighted by molar-refractivity contribution is 8.07. The van der Waals surface area contributed by atoms with E-state index in [-0.39, 0.29) is 63.5 Å². The number of amides is 6. The molecule has 8 atom stereocenters. The molecular weight excluding hydrogens is 1160 g/mol. The highest BCUT2D eigenvalue weighted by Gasteiger charge is 2.51. The zero-order valence-corrected chi connectivity index (χ0v) is 50.6. The third-order valence-corrected chi connectivity index (χ3v) is 14.3. The van der Waals surface area contributed by atoms with Crippen molar-refractivity contribution in [2.24, 2.45) is 0 Å². The first kappa shape index (κ1) is 68.0. The SMILES string of the molecule is CC[C@H](NC(=O)OCc1ccccc1)C(=O)NC(Cc1ccccc1)C(=O)N[C@@H](Cc1ccccc1)C(=O)[C@@]1(C)CO1.C[C@]1(C(=O)[C@H](Cc2ccccc2)NC(=O)C(Cc2ccccc2)NC(=O)[C@H](CC(=O)O)NC(=O)OCc2ccccc2)CO1.S=S. The van der Waals surface area contributed by atoms with Crippen molar-refractivity contribution in [3.8, 4) is 0 Å². The van der Waals surface area contributed by atoms with Crippen LogP contribution in [0.3, 0.4) is 0 Å². The second-order valence-corrected chi connectivity index (χ2v) is 21.3. The van der Waals surface area contributed by atoms with E-state index in [1.54, 1.807) is 81.4 Å². The van der Waals surface area contributed by atoms with E-state index in [2.05, 4.69) is 54.3 Å². The lowest BCUT2D eigenvalue weighted by atomic mass is 9.94. The summed E-state index contributed by atoms with van der Waals surface area (Å²) >= 11 is 7.33. The van der Waals surface area contributed by atoms with Crippen molar-refractivity contribution in [1.29, 1.82) is 0 Å². The summed E-state index contributed by atoms with van der Waals surface area (Å²) in [6, 6.07) is 48.3. The third kappa shape index (κ3) is 22.3. The molecule has 6 amide bonds. The van der Waals surface area contributed by atoms with Crippen LogP contribution in [0, 0.1) is 0 Å². The molecule has 8 rings (SSSR count). The number of Topliss-reactive ketones (excluding diaryl/α,β-unsaturated/α-hetero) is 2. The molecule has 6 aromatic rings. The largest absolute Gasteiger partial charge is 0.481 e. The molecule has 462 valence electrons. The fraction of sp³-hybridized carbons (Fsp3) is 0.318. The number of hydrogen-bond acceptors (Lipinski definition) is 15. The summed E-state index contributed by atoms with van der Waals surface area (Å²) in [5.74, 6) is -4.46. The maximum absolute atomic E-state index is 13.7. The first-order chi connectivity index (χ1) is 42.4. The van der Waals surface area contributed by atoms with Gasteiger partial charge in [-0.2, -0.15) is 0 Å². The quantitative estimate of drug-likeness (QED) is 0.0262. The van der Waals surface area contributed by atoms with Crippen molar-refractivity contribution in [3.63, 3.8) is 0 Å². The Morgan fingerprint density at radius 1 is 0.409 bits per heavy atom. The number of nitrogens with one attached hydrogen (secondary N) is 6. The molecule has 22 heteroatoms. The summed E-state index contributed by atoms with van der Waals surface area (Å²) < 4.78 is 21.2. The zero-order valence-electron chi connectivity index (χ0n) is 48.9. The maximum Gasteiger partial charge on any atom is 0.408 e. The number of ether oxygens (including phenoxy) is 4. The Bertz CT molecular complexity index is 3260. The van der Waals surface area contributed by atoms with E-state index in [1.165, 1.54) is 0 Å². The molecule has 6 aromatic carbocycles. The number of rotatable bonds is 29. The standard InChI is InChI=1S/C33H35N3O8.C33H37N3O6.S2/c1-33(21-44-33)29(39)25(17-22-11-5-2-6-12-22)34-30(40)26(18-23-13-7-3-8-14-23)35-31(41)27(19-28(37)38)36-32(42)43-20-24-15-9-4-10-16-24;1-3-26(36-32(40)41-21-25-17-11-6-12-18-25)30(38)35-28(20-24-15-9-5-10-16-24)31(39)34-27(29(37)33(2)22-42-33)19-23-13-7-4-8-14-23;1-2/h2-16,25-27H,17-21H2,1H3,(H,34,40)(H,35,41)(H,36,42)(H,37,38);4-18,26-28H,3,19-22H2,1-2H3,(H,34,39)(H,35,38)(H,36,40);/t25-,26?,27-,33+;26-,27-,28?,33+;/m00./s1. The molecule has 0 bridgehead atoms. The van der Waals surface area contributed by atoms with Crippen LogP contribution in [0.2, 0.25) is 0 Å². The predicted molar refractivity (Wildman–Crippen MR) is 331 cm³/mol. The first-order valence-electron chi connectivity index (χ1n) is 28.5. The summed E-state index contributed by atoms with van der Waals surface area (Å²) in [5.41, 5.74) is 2.79. The Morgan fingerprint density at radius 2 is 0.659 bits per heavy atom. The Balaban J connectivity index is 0.000000273. The smallest absolute Gasteiger partial charge is 0.408 e. The van der Waals surface area contributed by atoms with Crippen molar-refractivity contribution >= 4 is 75.7 Å². The van der Waals surface area contributed by atoms with E-state index in [1.807, 2.05) is 121 Å². The minimum absolute atomic E-state index is 0.0384. The van der Waals surface area contributed by atoms with E-state index in [0.29, 0.717) is 17.7 Å². The number of aliphatic carboxylic acids is 1. The highest BCUT2D eigenvalue weighted by Crippen LogP contribution is 2.30. The van der Waals surface area contributed by atoms with Crippen LogP contribution in [0.25, 0.3) is 0 Å². The molecule has 0 aliphatic carbocycles. The highest BCUT2D eigenvalue weighted by atomic mass is 32.8. The van der Waals surface area contributed by atoms with Crippen LogP contribution < -0.4 is 31.9 Å². The number of epoxide rings is 2. The van der Waals surface area contributed by atoms with Crippen molar-refractivity contribution < 1.29 is 67.2 Å². The van der Waals surface area contributed by atoms with Crippen LogP contribution >= 0.6 is 0 Å². The molecule has 7 N–H and O–H groups in total. The predicted octanol–water partition coefficient (Wildman–Crippen LogP) is 6.07. The molecule has 2 aliphatic heterocycles. The van der Waals surface area contributed by atoms with Gasteiger partial charge in [0.25, 0.3) is 0 Å². The molecule has 2 saturated heterocycles. The molecule has 2 aliphatic rings. The number of carbonyl (C=O) groups excluding carboxylic acids is 8. The monoisotopic (exact) mass is 1240 g/mol. The molecule has 2 unspecified atom stereocenters. The van der Waals surface area contributed by atoms with Gasteiger partial charge in [0, 0.05) is 35.2 Å². The molecule has 0 aromatic heterocycles. The second-order valence-electron chi connectivity index (χ2n) is 21.3. The molecule has 0 saturated carbocycles. The fourth-order valence-electron chi connectivity index (χ4n) is 9.11. The van der Waals surface area contributed by atoms with Gasteiger partial charge in [0.05, 0.1) is 31.7 Å². The van der Waals surface area contributed by atoms with Gasteiger partial charge in [0.15, 0.2) is 11.6 Å². The van der Waals surface area contributed by atoms with Crippen LogP contribution in [0.4, 0.5) is 9.59 Å². The Morgan fingerprint density at radius 3 is 0.943 bits per heavy atom. The Labute approximate surface area is 520 Å². The summed E-state index contributed by atoms with van der Waals surface area (Å²) in [6.45, 7) is 5.61. The normalized spacial score (nSPS) is 17.1. The van der Waals surface area contributed by atoms with Crippen molar-refractivity contribution in [2.45, 2.75) is 120 Å². The van der Waals surface area contributed by atoms with E-state index in [4.69, 9.17) is 18.9 Å². The number of ketones is 2. The fourth-order valence-corrected chi connectivity index (χ4v) is 9.11. The number of carbonyl (C=O) groups is 9. The van der Waals surface area contributed by atoms with Crippen molar-refractivity contribution in [1.82, 2.24) is 31.9 Å². The number of carboxylic acids is 1. The number of benzene rings is 6. The van der Waals surface area contributed by atoms with E-state index >= 15 is 0 Å². The maximum atomic E-state index is 13.7. The van der Waals surface area contributed by atoms with E-state index in [9.17, 15) is 48.3 Å². The third-order valence-electron chi connectivity index (χ3n) is 14.3. The van der Waals surface area contributed by atoms with Gasteiger partial charge in [-0.15, -0.1) is 0 Å². The van der Waals surface area contributed by atoms with Gasteiger partial charge in [0.1, 0.15) is 48.6 Å². The van der Waals surface area contributed by atoms with Gasteiger partial charge in [-0.05, 0) is 66.5 Å². The lowest BCUT2D eigenvalue weighted by Crippen LogP contribution is -2.57. The van der Waals surface area contributed by atoms with Crippen LogP contribution in [0.5, 0.6) is 0 Å². The minimum atomic E-state index is -1.54. The number of hydrogen-bond donors (Lipinski definition) is 7. The Hall–Kier alpha value is -9.09. The molecular formula is C66H72N6O14S2. The summed E-state index contributed by atoms with van der Waals surface area (Å²) in [4.78, 5) is 117. The molecule has 0 radical (unpaired) electrons. The van der Waals surface area contributed by atoms with E-state index in [0.717, 1.165) is 22.3 Å². The van der Waals surface area contributed by atoms with Gasteiger partial charge in [0.2, 0.25) is 23.6 Å². The molecule has 2 fully saturated rings. The average molecular weight is 1240 g/mol. The zero-order chi connectivity index (χ0) is 63.5. The van der Waals surface area contributed by atoms with Gasteiger partial charge in [-0.25, -0.2) is 9.59 Å². The molecule has 2 heterocycles. The van der Waals surface area contributed by atoms with Gasteiger partial charge in [-0.1, -0.05) is 189 Å². The summed E-state index contributed by atoms with van der Waals surface area (Å²) in [5, 5.41) is 25.4. The first-order valence-corrected chi connectivity index (χ1v) is 29.8. The van der Waals surface area contributed by atoms with E-state index < -0.39 is 95.7 Å². The topological polar surface area (TPSA) is 290 Å². The summed E-state index contributed by atoms with van der Waals surface area (Å²) in [6.07, 6.45) is -1.51. The number of alkyl carbamates (subject to hydrolysis) is 2. The average Bonchev–Trinajstić information content (AvgIpc) is 3.83. The Kier molecular flexibility index (Phi) is 26.5. The van der Waals surface area contributed by atoms with Crippen LogP contribution in [0.15, 0.2) is 182 Å². The van der Waals surface area contributed by atoms with Crippen LogP contribution in [-0.4, -0.2) is 119 Å². The second kappa shape index (κ2) is 34.3. The van der Waals surface area contributed by atoms with Crippen molar-refractivity contribution in [3.05, 3.63) is 215 Å². The summed E-state index contributed by atoms with van der Waals surface area (Å²) in [7, 11) is 0. The lowest BCUT2D eigenvalue weighted by molar-refractivity contribution is -0.140. The molecule has 20 nitrogen and oxygen atoms in total. The molecule has 0 spiro atoms. The van der Waals surface area contributed by atoms with Gasteiger partial charge in [-0.3, -0.25) is 33.6 Å². The number of carboxylic acid groups (broad SMARTS) is 1. The van der Waals surface area contributed by atoms with Gasteiger partial charge >= 0.3 is 18.2 Å². The van der Waals surface area contributed by atoms with Crippen LogP contribution in [-0.2, 0) is 114 Å². The molecule has 88 heavy (non-hydrogen) atoms. The lowest BCUT2D eigenvalue weighted by Gasteiger charge is -2.26. The van der Waals surface area contributed by atoms with Gasteiger partial charge < -0.3 is 56.0 Å².